The molecule has 0 bridgehead atoms. The van der Waals surface area contributed by atoms with Crippen molar-refractivity contribution in [2.75, 3.05) is 0 Å². The minimum Gasteiger partial charge on any atom is -0.507 e. The van der Waals surface area contributed by atoms with Crippen LogP contribution < -0.4 is 5.32 Å². The molecule has 2 aromatic rings. The Balaban J connectivity index is 2.23. The number of carbonyl (C=O) groups excluding carboxylic acids is 1. The number of halogens is 1. The van der Waals surface area contributed by atoms with E-state index in [1.54, 1.807) is 36.4 Å². The van der Waals surface area contributed by atoms with E-state index in [0.29, 0.717) is 9.13 Å². The number of nitrogens with one attached hydrogen (secondary N) is 1. The Morgan fingerprint density at radius 3 is 2.33 bits per heavy atom. The second kappa shape index (κ2) is 6.57. The molecular formula is C15H12INO4. The van der Waals surface area contributed by atoms with Crippen LogP contribution in [0.15, 0.2) is 48.5 Å². The van der Waals surface area contributed by atoms with E-state index in [-0.39, 0.29) is 11.3 Å². The Bertz CT molecular complexity index is 673. The van der Waals surface area contributed by atoms with Crippen molar-refractivity contribution in [3.05, 3.63) is 63.2 Å². The summed E-state index contributed by atoms with van der Waals surface area (Å²) < 4.78 is 0.613. The lowest BCUT2D eigenvalue weighted by molar-refractivity contribution is -0.139. The molecule has 3 N–H and O–H groups in total. The molecular weight excluding hydrogens is 385 g/mol. The molecule has 0 aliphatic heterocycles. The molecule has 2 aromatic carbocycles. The van der Waals surface area contributed by atoms with E-state index < -0.39 is 17.9 Å². The lowest BCUT2D eigenvalue weighted by Gasteiger charge is -2.15. The number of carbonyl (C=O) groups is 2. The maximum Gasteiger partial charge on any atom is 0.330 e. The average Bonchev–Trinajstić information content (AvgIpc) is 2.48. The largest absolute Gasteiger partial charge is 0.507 e. The normalized spacial score (nSPS) is 11.7. The number of benzene rings is 2. The van der Waals surface area contributed by atoms with Crippen LogP contribution in [-0.2, 0) is 4.79 Å². The molecule has 0 radical (unpaired) electrons. The number of aliphatic carboxylic acids is 1. The Morgan fingerprint density at radius 1 is 1.10 bits per heavy atom. The number of phenols is 1. The van der Waals surface area contributed by atoms with E-state index in [1.165, 1.54) is 12.1 Å². The third-order valence-electron chi connectivity index (χ3n) is 2.86. The first-order valence-corrected chi connectivity index (χ1v) is 7.14. The summed E-state index contributed by atoms with van der Waals surface area (Å²) in [5, 5.41) is 21.3. The minimum absolute atomic E-state index is 0.0187. The maximum absolute atomic E-state index is 12.1. The van der Waals surface area contributed by atoms with Gasteiger partial charge in [-0.25, -0.2) is 4.79 Å². The van der Waals surface area contributed by atoms with Crippen molar-refractivity contribution in [1.82, 2.24) is 5.32 Å². The van der Waals surface area contributed by atoms with E-state index in [1.807, 2.05) is 22.6 Å². The molecule has 2 rings (SSSR count). The monoisotopic (exact) mass is 397 g/mol. The summed E-state index contributed by atoms with van der Waals surface area (Å²) in [6.45, 7) is 0. The first kappa shape index (κ1) is 15.3. The Morgan fingerprint density at radius 2 is 1.76 bits per heavy atom. The van der Waals surface area contributed by atoms with Crippen molar-refractivity contribution >= 4 is 34.5 Å². The summed E-state index contributed by atoms with van der Waals surface area (Å²) in [5.41, 5.74) is 0.684. The molecule has 21 heavy (non-hydrogen) atoms. The van der Waals surface area contributed by atoms with E-state index in [0.717, 1.165) is 0 Å². The van der Waals surface area contributed by atoms with Gasteiger partial charge >= 0.3 is 5.97 Å². The SMILES string of the molecule is O=C(N[C@H](C(=O)O)c1ccccc1)c1ccc(I)c(O)c1. The third-order valence-corrected chi connectivity index (χ3v) is 3.78. The van der Waals surface area contributed by atoms with Gasteiger partial charge in [0.15, 0.2) is 6.04 Å². The van der Waals surface area contributed by atoms with Gasteiger partial charge in [-0.1, -0.05) is 30.3 Å². The fourth-order valence-electron chi connectivity index (χ4n) is 1.80. The Kier molecular flexibility index (Phi) is 4.79. The van der Waals surface area contributed by atoms with Crippen LogP contribution >= 0.6 is 22.6 Å². The summed E-state index contributed by atoms with van der Waals surface area (Å²) >= 11 is 1.93. The highest BCUT2D eigenvalue weighted by Crippen LogP contribution is 2.21. The Hall–Kier alpha value is -2.09. The third kappa shape index (κ3) is 3.72. The van der Waals surface area contributed by atoms with E-state index in [4.69, 9.17) is 0 Å². The zero-order valence-electron chi connectivity index (χ0n) is 10.8. The topological polar surface area (TPSA) is 86.6 Å². The number of rotatable bonds is 4. The zero-order valence-corrected chi connectivity index (χ0v) is 12.9. The van der Waals surface area contributed by atoms with Crippen LogP contribution in [0, 0.1) is 3.57 Å². The average molecular weight is 397 g/mol. The van der Waals surface area contributed by atoms with Crippen molar-refractivity contribution < 1.29 is 19.8 Å². The van der Waals surface area contributed by atoms with Crippen molar-refractivity contribution in [2.24, 2.45) is 0 Å². The molecule has 5 nitrogen and oxygen atoms in total. The number of carboxylic acids is 1. The quantitative estimate of drug-likeness (QED) is 0.693. The number of hydrogen-bond acceptors (Lipinski definition) is 3. The van der Waals surface area contributed by atoms with Crippen LogP contribution in [-0.4, -0.2) is 22.1 Å². The van der Waals surface area contributed by atoms with Gasteiger partial charge in [0.25, 0.3) is 5.91 Å². The molecule has 0 fully saturated rings. The summed E-state index contributed by atoms with van der Waals surface area (Å²) in [6, 6.07) is 11.7. The van der Waals surface area contributed by atoms with Crippen LogP contribution in [0.4, 0.5) is 0 Å². The summed E-state index contributed by atoms with van der Waals surface area (Å²) in [5.74, 6) is -1.72. The standard InChI is InChI=1S/C15H12INO4/c16-11-7-6-10(8-12(11)18)14(19)17-13(15(20)21)9-4-2-1-3-5-9/h1-8,13,18H,(H,17,19)(H,20,21)/t13-/m0/s1. The second-order valence-corrected chi connectivity index (χ2v) is 5.48. The molecule has 0 aliphatic rings. The number of carboxylic acid groups (broad SMARTS) is 1. The van der Waals surface area contributed by atoms with Crippen LogP contribution in [0.2, 0.25) is 0 Å². The van der Waals surface area contributed by atoms with Crippen molar-refractivity contribution in [1.29, 1.82) is 0 Å². The highest BCUT2D eigenvalue weighted by molar-refractivity contribution is 14.1. The molecule has 0 aromatic heterocycles. The fourth-order valence-corrected chi connectivity index (χ4v) is 2.14. The summed E-state index contributed by atoms with van der Waals surface area (Å²) in [6.07, 6.45) is 0. The van der Waals surface area contributed by atoms with Gasteiger partial charge in [-0.15, -0.1) is 0 Å². The van der Waals surface area contributed by atoms with Crippen molar-refractivity contribution in [3.63, 3.8) is 0 Å². The smallest absolute Gasteiger partial charge is 0.330 e. The molecule has 0 heterocycles. The van der Waals surface area contributed by atoms with Crippen molar-refractivity contribution in [2.45, 2.75) is 6.04 Å². The van der Waals surface area contributed by atoms with Gasteiger partial charge < -0.3 is 15.5 Å². The maximum atomic E-state index is 12.1. The van der Waals surface area contributed by atoms with Crippen LogP contribution in [0.1, 0.15) is 22.0 Å². The van der Waals surface area contributed by atoms with Gasteiger partial charge in [0, 0.05) is 5.56 Å². The van der Waals surface area contributed by atoms with Gasteiger partial charge in [-0.3, -0.25) is 4.79 Å². The molecule has 108 valence electrons. The minimum atomic E-state index is -1.15. The number of phenolic OH excluding ortho intramolecular Hbond substituents is 1. The van der Waals surface area contributed by atoms with Gasteiger partial charge in [0.05, 0.1) is 3.57 Å². The van der Waals surface area contributed by atoms with Crippen molar-refractivity contribution in [3.8, 4) is 5.75 Å². The van der Waals surface area contributed by atoms with E-state index in [9.17, 15) is 19.8 Å². The number of amides is 1. The fraction of sp³-hybridized carbons (Fsp3) is 0.0667. The summed E-state index contributed by atoms with van der Waals surface area (Å²) in [7, 11) is 0. The predicted molar refractivity (Wildman–Crippen MR) is 85.1 cm³/mol. The van der Waals surface area contributed by atoms with Gasteiger partial charge in [-0.05, 0) is 46.4 Å². The first-order chi connectivity index (χ1) is 9.99. The predicted octanol–water partition coefficient (Wildman–Crippen LogP) is 2.55. The van der Waals surface area contributed by atoms with Crippen LogP contribution in [0.3, 0.4) is 0 Å². The first-order valence-electron chi connectivity index (χ1n) is 6.06. The van der Waals surface area contributed by atoms with Crippen LogP contribution in [0.25, 0.3) is 0 Å². The molecule has 6 heteroatoms. The van der Waals surface area contributed by atoms with Gasteiger partial charge in [0.1, 0.15) is 5.75 Å². The Labute approximate surface area is 134 Å². The van der Waals surface area contributed by atoms with E-state index >= 15 is 0 Å². The highest BCUT2D eigenvalue weighted by atomic mass is 127. The second-order valence-electron chi connectivity index (χ2n) is 4.32. The molecule has 0 unspecified atom stereocenters. The number of hydrogen-bond donors (Lipinski definition) is 3. The highest BCUT2D eigenvalue weighted by Gasteiger charge is 2.22. The summed E-state index contributed by atoms with van der Waals surface area (Å²) in [4.78, 5) is 23.4. The molecule has 0 aliphatic carbocycles. The molecule has 1 amide bonds. The zero-order chi connectivity index (χ0) is 15.4. The number of aromatic hydroxyl groups is 1. The molecule has 0 saturated carbocycles. The molecule has 0 saturated heterocycles. The van der Waals surface area contributed by atoms with Crippen LogP contribution in [0.5, 0.6) is 5.75 Å². The molecule has 0 spiro atoms. The lowest BCUT2D eigenvalue weighted by Crippen LogP contribution is -2.33. The molecule has 1 atom stereocenters. The van der Waals surface area contributed by atoms with Gasteiger partial charge in [-0.2, -0.15) is 0 Å². The van der Waals surface area contributed by atoms with E-state index in [2.05, 4.69) is 5.32 Å². The van der Waals surface area contributed by atoms with Gasteiger partial charge in [0.2, 0.25) is 0 Å². The lowest BCUT2D eigenvalue weighted by atomic mass is 10.1.